The molecule has 5 rings (SSSR count). The van der Waals surface area contributed by atoms with Gasteiger partial charge in [0.1, 0.15) is 6.61 Å². The lowest BCUT2D eigenvalue weighted by Gasteiger charge is -2.43. The molecule has 0 amide bonds. The third kappa shape index (κ3) is 4.31. The minimum atomic E-state index is 0.00285. The lowest BCUT2D eigenvalue weighted by molar-refractivity contribution is 0.165. The molecule has 0 bridgehead atoms. The highest BCUT2D eigenvalue weighted by atomic mass is 16.5. The predicted molar refractivity (Wildman–Crippen MR) is 127 cm³/mol. The van der Waals surface area contributed by atoms with Crippen molar-refractivity contribution in [3.8, 4) is 11.5 Å². The van der Waals surface area contributed by atoms with Crippen LogP contribution in [0.5, 0.6) is 11.5 Å². The van der Waals surface area contributed by atoms with Crippen molar-refractivity contribution in [2.24, 2.45) is 5.16 Å². The van der Waals surface area contributed by atoms with E-state index in [4.69, 9.17) is 9.47 Å². The number of methoxy groups -OCH3 is 1. The van der Waals surface area contributed by atoms with Crippen molar-refractivity contribution in [2.75, 3.05) is 20.2 Å². The van der Waals surface area contributed by atoms with Gasteiger partial charge in [0.2, 0.25) is 0 Å². The second-order valence-electron chi connectivity index (χ2n) is 8.84. The van der Waals surface area contributed by atoms with Crippen molar-refractivity contribution < 1.29 is 14.7 Å². The molecule has 3 aromatic rings. The van der Waals surface area contributed by atoms with Crippen LogP contribution in [-0.2, 0) is 13.0 Å². The fourth-order valence-electron chi connectivity index (χ4n) is 5.03. The van der Waals surface area contributed by atoms with E-state index in [1.165, 1.54) is 11.1 Å². The van der Waals surface area contributed by atoms with Gasteiger partial charge in [-0.15, -0.1) is 0 Å². The first-order valence-electron chi connectivity index (χ1n) is 11.4. The summed E-state index contributed by atoms with van der Waals surface area (Å²) in [6.07, 6.45) is 3.44. The highest BCUT2D eigenvalue weighted by Gasteiger charge is 2.39. The standard InChI is InChI=1S/C27H29N3O3/c1-18-8-10-28-23(12-18)22-16-30-11-9-20-13-27(33-17-19-6-4-3-5-7-19)26(32-2)14-21(20)25(30)15-24(22)29-31/h3-8,10,12-14,22,25,31H,9,11,15-17H2,1-2H3/t22-,25+/m0/s1. The molecule has 1 N–H and O–H groups in total. The summed E-state index contributed by atoms with van der Waals surface area (Å²) in [4.78, 5) is 7.05. The number of benzene rings is 2. The Morgan fingerprint density at radius 3 is 2.73 bits per heavy atom. The summed E-state index contributed by atoms with van der Waals surface area (Å²) in [6, 6.07) is 18.6. The van der Waals surface area contributed by atoms with Gasteiger partial charge in [0.05, 0.1) is 24.4 Å². The molecule has 170 valence electrons. The van der Waals surface area contributed by atoms with Gasteiger partial charge in [-0.2, -0.15) is 0 Å². The number of pyridine rings is 1. The van der Waals surface area contributed by atoms with Crippen LogP contribution >= 0.6 is 0 Å². The molecular weight excluding hydrogens is 414 g/mol. The van der Waals surface area contributed by atoms with Crippen molar-refractivity contribution in [3.05, 3.63) is 88.7 Å². The van der Waals surface area contributed by atoms with Crippen LogP contribution in [-0.4, -0.2) is 41.0 Å². The maximum atomic E-state index is 9.85. The fourth-order valence-corrected chi connectivity index (χ4v) is 5.03. The first-order valence-corrected chi connectivity index (χ1v) is 11.4. The number of piperidine rings is 1. The molecule has 1 fully saturated rings. The van der Waals surface area contributed by atoms with Crippen molar-refractivity contribution in [1.29, 1.82) is 0 Å². The van der Waals surface area contributed by atoms with Crippen LogP contribution in [0.1, 0.15) is 46.3 Å². The molecule has 2 aliphatic rings. The second kappa shape index (κ2) is 9.24. The van der Waals surface area contributed by atoms with Gasteiger partial charge in [-0.3, -0.25) is 9.88 Å². The van der Waals surface area contributed by atoms with Gasteiger partial charge in [-0.1, -0.05) is 35.5 Å². The summed E-state index contributed by atoms with van der Waals surface area (Å²) >= 11 is 0. The minimum absolute atomic E-state index is 0.00285. The Bertz CT molecular complexity index is 1160. The van der Waals surface area contributed by atoms with Gasteiger partial charge in [-0.05, 0) is 59.9 Å². The molecule has 33 heavy (non-hydrogen) atoms. The third-order valence-electron chi connectivity index (χ3n) is 6.77. The molecule has 2 aromatic carbocycles. The monoisotopic (exact) mass is 443 g/mol. The van der Waals surface area contributed by atoms with Crippen LogP contribution < -0.4 is 9.47 Å². The Balaban J connectivity index is 1.41. The normalized spacial score (nSPS) is 21.3. The SMILES string of the molecule is COc1cc2c(cc1OCc1ccccc1)CCN1C[C@@H](c3cc(C)ccn3)C(=NO)C[C@H]21. The zero-order chi connectivity index (χ0) is 22.8. The first-order chi connectivity index (χ1) is 16.2. The molecule has 3 heterocycles. The molecule has 0 saturated carbocycles. The lowest BCUT2D eigenvalue weighted by atomic mass is 9.80. The molecule has 6 nitrogen and oxygen atoms in total. The number of nitrogens with zero attached hydrogens (tertiary/aromatic N) is 3. The van der Waals surface area contributed by atoms with Crippen LogP contribution in [0.3, 0.4) is 0 Å². The maximum Gasteiger partial charge on any atom is 0.161 e. The average molecular weight is 444 g/mol. The number of ether oxygens (including phenoxy) is 2. The summed E-state index contributed by atoms with van der Waals surface area (Å²) in [5.41, 5.74) is 6.53. The largest absolute Gasteiger partial charge is 0.493 e. The van der Waals surface area contributed by atoms with E-state index in [1.54, 1.807) is 7.11 Å². The van der Waals surface area contributed by atoms with Crippen molar-refractivity contribution in [2.45, 2.75) is 38.3 Å². The Kier molecular flexibility index (Phi) is 6.01. The maximum absolute atomic E-state index is 9.85. The number of aromatic nitrogens is 1. The van der Waals surface area contributed by atoms with Crippen LogP contribution in [0.15, 0.2) is 65.9 Å². The zero-order valence-electron chi connectivity index (χ0n) is 19.1. The second-order valence-corrected chi connectivity index (χ2v) is 8.84. The van der Waals surface area contributed by atoms with E-state index in [1.807, 2.05) is 30.5 Å². The summed E-state index contributed by atoms with van der Waals surface area (Å²) in [5.74, 6) is 1.50. The molecule has 0 radical (unpaired) electrons. The van der Waals surface area contributed by atoms with Gasteiger partial charge in [0.25, 0.3) is 0 Å². The first kappa shape index (κ1) is 21.5. The van der Waals surface area contributed by atoms with Gasteiger partial charge in [-0.25, -0.2) is 0 Å². The van der Waals surface area contributed by atoms with Gasteiger partial charge in [0.15, 0.2) is 11.5 Å². The van der Waals surface area contributed by atoms with E-state index in [0.717, 1.165) is 53.5 Å². The Morgan fingerprint density at radius 2 is 1.97 bits per heavy atom. The van der Waals surface area contributed by atoms with Gasteiger partial charge in [0, 0.05) is 31.7 Å². The number of hydrogen-bond acceptors (Lipinski definition) is 6. The summed E-state index contributed by atoms with van der Waals surface area (Å²) < 4.78 is 11.8. The molecule has 2 aliphatic heterocycles. The highest BCUT2D eigenvalue weighted by molar-refractivity contribution is 5.92. The van der Waals surface area contributed by atoms with E-state index in [0.29, 0.717) is 13.0 Å². The van der Waals surface area contributed by atoms with E-state index in [-0.39, 0.29) is 12.0 Å². The third-order valence-corrected chi connectivity index (χ3v) is 6.77. The quantitative estimate of drug-likeness (QED) is 0.449. The number of oxime groups is 1. The average Bonchev–Trinajstić information content (AvgIpc) is 2.86. The Labute approximate surface area is 194 Å². The van der Waals surface area contributed by atoms with Crippen LogP contribution in [0.25, 0.3) is 0 Å². The summed E-state index contributed by atoms with van der Waals surface area (Å²) in [5, 5.41) is 13.6. The fraction of sp³-hybridized carbons (Fsp3) is 0.333. The number of aryl methyl sites for hydroxylation is 1. The topological polar surface area (TPSA) is 67.2 Å². The van der Waals surface area contributed by atoms with Crippen LogP contribution in [0.2, 0.25) is 0 Å². The highest BCUT2D eigenvalue weighted by Crippen LogP contribution is 2.43. The summed E-state index contributed by atoms with van der Waals surface area (Å²) in [6.45, 7) is 4.29. The number of hydrogen-bond donors (Lipinski definition) is 1. The van der Waals surface area contributed by atoms with E-state index < -0.39 is 0 Å². The Hall–Kier alpha value is -3.38. The molecular formula is C27H29N3O3. The predicted octanol–water partition coefficient (Wildman–Crippen LogP) is 4.89. The number of fused-ring (bicyclic) bond motifs is 3. The minimum Gasteiger partial charge on any atom is -0.493 e. The van der Waals surface area contributed by atoms with Crippen LogP contribution in [0.4, 0.5) is 0 Å². The molecule has 0 unspecified atom stereocenters. The van der Waals surface area contributed by atoms with Gasteiger partial charge >= 0.3 is 0 Å². The van der Waals surface area contributed by atoms with E-state index >= 15 is 0 Å². The molecule has 1 saturated heterocycles. The van der Waals surface area contributed by atoms with Crippen molar-refractivity contribution in [1.82, 2.24) is 9.88 Å². The van der Waals surface area contributed by atoms with Crippen molar-refractivity contribution in [3.63, 3.8) is 0 Å². The molecule has 6 heteroatoms. The lowest BCUT2D eigenvalue weighted by Crippen LogP contribution is -2.45. The molecule has 0 spiro atoms. The van der Waals surface area contributed by atoms with E-state index in [2.05, 4.69) is 52.3 Å². The zero-order valence-corrected chi connectivity index (χ0v) is 19.1. The number of rotatable bonds is 5. The van der Waals surface area contributed by atoms with Crippen LogP contribution in [0, 0.1) is 6.92 Å². The van der Waals surface area contributed by atoms with Gasteiger partial charge < -0.3 is 14.7 Å². The molecule has 1 aromatic heterocycles. The Morgan fingerprint density at radius 1 is 1.12 bits per heavy atom. The summed E-state index contributed by atoms with van der Waals surface area (Å²) in [7, 11) is 1.68. The molecule has 0 aliphatic carbocycles. The van der Waals surface area contributed by atoms with Crippen molar-refractivity contribution >= 4 is 5.71 Å². The van der Waals surface area contributed by atoms with E-state index in [9.17, 15) is 5.21 Å². The molecule has 2 atom stereocenters. The smallest absolute Gasteiger partial charge is 0.161 e.